The highest BCUT2D eigenvalue weighted by Crippen LogP contribution is 2.40. The predicted molar refractivity (Wildman–Crippen MR) is 137 cm³/mol. The molecule has 7 nitrogen and oxygen atoms in total. The summed E-state index contributed by atoms with van der Waals surface area (Å²) in [7, 11) is 1.25. The van der Waals surface area contributed by atoms with E-state index in [0.717, 1.165) is 16.3 Å². The number of carbonyl (C=O) groups is 3. The Morgan fingerprint density at radius 3 is 2.23 bits per heavy atom. The number of benzene rings is 2. The molecule has 1 aromatic heterocycles. The molecular formula is C25H20Cl2N2O5S. The number of nitrogens with zero attached hydrogens (tertiary/aromatic N) is 1. The van der Waals surface area contributed by atoms with E-state index in [0.29, 0.717) is 26.4 Å². The van der Waals surface area contributed by atoms with E-state index >= 15 is 0 Å². The monoisotopic (exact) mass is 530 g/mol. The molecule has 0 bridgehead atoms. The third-order valence-corrected chi connectivity index (χ3v) is 7.15. The van der Waals surface area contributed by atoms with Crippen molar-refractivity contribution in [2.24, 2.45) is 0 Å². The van der Waals surface area contributed by atoms with Crippen LogP contribution in [0.4, 0.5) is 5.69 Å². The number of hydrogen-bond acceptors (Lipinski definition) is 7. The number of fused-ring (bicyclic) bond motifs is 1. The van der Waals surface area contributed by atoms with E-state index in [-0.39, 0.29) is 28.2 Å². The van der Waals surface area contributed by atoms with Gasteiger partial charge in [0.05, 0.1) is 24.8 Å². The van der Waals surface area contributed by atoms with E-state index in [1.54, 1.807) is 61.5 Å². The zero-order valence-electron chi connectivity index (χ0n) is 18.7. The van der Waals surface area contributed by atoms with Crippen molar-refractivity contribution in [3.63, 3.8) is 0 Å². The van der Waals surface area contributed by atoms with Crippen LogP contribution in [-0.4, -0.2) is 36.1 Å². The van der Waals surface area contributed by atoms with Gasteiger partial charge >= 0.3 is 11.9 Å². The fourth-order valence-corrected chi connectivity index (χ4v) is 5.23. The van der Waals surface area contributed by atoms with E-state index in [1.807, 2.05) is 0 Å². The maximum absolute atomic E-state index is 13.8. The summed E-state index contributed by atoms with van der Waals surface area (Å²) in [5.74, 6) is -1.90. The molecule has 35 heavy (non-hydrogen) atoms. The van der Waals surface area contributed by atoms with Crippen LogP contribution >= 0.6 is 35.0 Å². The number of thioether (sulfide) groups is 1. The van der Waals surface area contributed by atoms with E-state index in [4.69, 9.17) is 38.4 Å². The fraction of sp³-hybridized carbons (Fsp3) is 0.160. The minimum atomic E-state index is -0.850. The minimum absolute atomic E-state index is 0.0144. The number of aromatic nitrogens is 1. The summed E-state index contributed by atoms with van der Waals surface area (Å²) in [4.78, 5) is 39.8. The van der Waals surface area contributed by atoms with Crippen molar-refractivity contribution in [3.8, 4) is 0 Å². The van der Waals surface area contributed by atoms with Gasteiger partial charge in [-0.05, 0) is 48.4 Å². The van der Waals surface area contributed by atoms with Crippen LogP contribution in [-0.2, 0) is 14.3 Å². The second-order valence-corrected chi connectivity index (χ2v) is 9.47. The number of ether oxygens (including phenoxy) is 2. The summed E-state index contributed by atoms with van der Waals surface area (Å²) in [6.45, 7) is 1.72. The molecule has 1 aliphatic rings. The maximum Gasteiger partial charge on any atom is 0.357 e. The van der Waals surface area contributed by atoms with Crippen LogP contribution in [0.1, 0.15) is 38.6 Å². The van der Waals surface area contributed by atoms with E-state index < -0.39 is 23.1 Å². The molecule has 2 aromatic carbocycles. The lowest BCUT2D eigenvalue weighted by Gasteiger charge is -2.23. The number of halogens is 2. The first-order valence-electron chi connectivity index (χ1n) is 10.5. The second kappa shape index (κ2) is 10.2. The van der Waals surface area contributed by atoms with Crippen molar-refractivity contribution in [1.29, 1.82) is 0 Å². The van der Waals surface area contributed by atoms with Gasteiger partial charge < -0.3 is 15.2 Å². The quantitative estimate of drug-likeness (QED) is 0.500. The third-order valence-electron chi connectivity index (χ3n) is 5.34. The van der Waals surface area contributed by atoms with E-state index in [2.05, 4.69) is 0 Å². The molecule has 0 radical (unpaired) electrons. The van der Waals surface area contributed by atoms with Crippen LogP contribution in [0.25, 0.3) is 11.0 Å². The summed E-state index contributed by atoms with van der Waals surface area (Å²) in [6, 6.07) is 13.6. The number of methoxy groups -OCH3 is 1. The zero-order chi connectivity index (χ0) is 25.3. The first-order chi connectivity index (χ1) is 16.8. The van der Waals surface area contributed by atoms with E-state index in [1.165, 1.54) is 7.11 Å². The van der Waals surface area contributed by atoms with Crippen LogP contribution in [0.5, 0.6) is 0 Å². The van der Waals surface area contributed by atoms with Gasteiger partial charge in [-0.1, -0.05) is 59.2 Å². The molecule has 4 rings (SSSR count). The predicted octanol–water partition coefficient (Wildman–Crippen LogP) is 3.79. The van der Waals surface area contributed by atoms with Gasteiger partial charge in [0.15, 0.2) is 5.69 Å². The summed E-state index contributed by atoms with van der Waals surface area (Å²) < 4.78 is 11.4. The molecular weight excluding hydrogens is 511 g/mol. The molecule has 0 amide bonds. The average molecular weight is 531 g/mol. The first kappa shape index (κ1) is 24.9. The number of rotatable bonds is 5. The van der Waals surface area contributed by atoms with Crippen LogP contribution in [0.15, 0.2) is 48.5 Å². The van der Waals surface area contributed by atoms with Crippen molar-refractivity contribution in [1.82, 2.24) is 4.57 Å². The Morgan fingerprint density at radius 2 is 1.66 bits per heavy atom. The number of carbonyl (C=O) groups excluding carboxylic acids is 3. The summed E-state index contributed by atoms with van der Waals surface area (Å²) in [5, 5.41) is 0.688. The van der Waals surface area contributed by atoms with Gasteiger partial charge in [-0.3, -0.25) is 9.36 Å². The molecule has 0 aliphatic carbocycles. The van der Waals surface area contributed by atoms with Gasteiger partial charge in [0, 0.05) is 15.3 Å². The molecule has 1 atom stereocenters. The van der Waals surface area contributed by atoms with Crippen molar-refractivity contribution >= 4 is 69.5 Å². The summed E-state index contributed by atoms with van der Waals surface area (Å²) >= 11 is 13.0. The van der Waals surface area contributed by atoms with Gasteiger partial charge in [-0.2, -0.15) is 0 Å². The van der Waals surface area contributed by atoms with Gasteiger partial charge in [-0.15, -0.1) is 0 Å². The second-order valence-electron chi connectivity index (χ2n) is 7.48. The van der Waals surface area contributed by atoms with Gasteiger partial charge in [-0.25, -0.2) is 9.59 Å². The van der Waals surface area contributed by atoms with Gasteiger partial charge in [0.1, 0.15) is 10.2 Å². The topological polar surface area (TPSA) is 101 Å². The number of hydrogen-bond donors (Lipinski definition) is 1. The number of anilines is 1. The largest absolute Gasteiger partial charge is 0.465 e. The number of nitrogen functional groups attached to an aromatic ring is 1. The highest BCUT2D eigenvalue weighted by molar-refractivity contribution is 8.10. The Balaban J connectivity index is 2.08. The molecule has 2 heterocycles. The summed E-state index contributed by atoms with van der Waals surface area (Å²) in [6.07, 6.45) is 1.68. The van der Waals surface area contributed by atoms with Crippen molar-refractivity contribution in [2.45, 2.75) is 12.2 Å². The SMILES string of the molecule is CCOC(=O)c1c(N)/c(=C\c2ccc(Cl)cc2)c2n1C(=O)C(c1ccc(Cl)cc1)SC=2C(=O)OC. The first-order valence-corrected chi connectivity index (χ1v) is 12.1. The maximum atomic E-state index is 13.8. The van der Waals surface area contributed by atoms with Crippen LogP contribution in [0, 0.1) is 0 Å². The van der Waals surface area contributed by atoms with Crippen LogP contribution in [0.2, 0.25) is 10.0 Å². The number of esters is 2. The van der Waals surface area contributed by atoms with Gasteiger partial charge in [0.2, 0.25) is 5.91 Å². The molecule has 0 saturated carbocycles. The lowest BCUT2D eigenvalue weighted by molar-refractivity contribution is -0.133. The average Bonchev–Trinajstić information content (AvgIpc) is 3.13. The normalized spacial score (nSPS) is 15.7. The zero-order valence-corrected chi connectivity index (χ0v) is 21.0. The molecule has 0 fully saturated rings. The smallest absolute Gasteiger partial charge is 0.357 e. The Bertz CT molecular complexity index is 1450. The lowest BCUT2D eigenvalue weighted by atomic mass is 10.1. The molecule has 3 aromatic rings. The molecule has 1 aliphatic heterocycles. The standard InChI is InChI=1S/C25H20Cl2N2O5S/c1-3-34-24(31)20-18(28)17(12-13-4-8-15(26)9-5-13)19-22(25(32)33-2)35-21(23(30)29(19)20)14-6-10-16(27)11-7-14/h4-12,21H,3,28H2,1-2H3/b17-12+. The Kier molecular flexibility index (Phi) is 7.25. The third kappa shape index (κ3) is 4.69. The Labute approximate surface area is 215 Å². The molecule has 0 saturated heterocycles. The van der Waals surface area contributed by atoms with Crippen LogP contribution in [0.3, 0.4) is 0 Å². The summed E-state index contributed by atoms with van der Waals surface area (Å²) in [5.41, 5.74) is 7.61. The Morgan fingerprint density at radius 1 is 1.06 bits per heavy atom. The van der Waals surface area contributed by atoms with E-state index in [9.17, 15) is 14.4 Å². The van der Waals surface area contributed by atoms with Crippen molar-refractivity contribution in [2.75, 3.05) is 19.5 Å². The lowest BCUT2D eigenvalue weighted by Crippen LogP contribution is -2.42. The fourth-order valence-electron chi connectivity index (χ4n) is 3.75. The van der Waals surface area contributed by atoms with Crippen molar-refractivity contribution in [3.05, 3.63) is 86.0 Å². The highest BCUT2D eigenvalue weighted by atomic mass is 35.5. The molecule has 1 unspecified atom stereocenters. The molecule has 180 valence electrons. The highest BCUT2D eigenvalue weighted by Gasteiger charge is 2.38. The molecule has 0 spiro atoms. The molecule has 10 heteroatoms. The minimum Gasteiger partial charge on any atom is -0.465 e. The van der Waals surface area contributed by atoms with Crippen LogP contribution < -0.4 is 16.3 Å². The van der Waals surface area contributed by atoms with Gasteiger partial charge in [0.25, 0.3) is 0 Å². The molecule has 2 N–H and O–H groups in total. The Hall–Kier alpha value is -3.20. The van der Waals surface area contributed by atoms with Crippen molar-refractivity contribution < 1.29 is 23.9 Å². The number of nitrogens with two attached hydrogens (primary N) is 1.